The Morgan fingerprint density at radius 3 is 2.43 bits per heavy atom. The lowest BCUT2D eigenvalue weighted by Crippen LogP contribution is -2.41. The lowest BCUT2D eigenvalue weighted by molar-refractivity contribution is -0.114. The summed E-state index contributed by atoms with van der Waals surface area (Å²) in [6.45, 7) is 2.31. The van der Waals surface area contributed by atoms with Gasteiger partial charge in [-0.15, -0.1) is 0 Å². The van der Waals surface area contributed by atoms with Crippen molar-refractivity contribution in [3.63, 3.8) is 0 Å². The van der Waals surface area contributed by atoms with Crippen LogP contribution in [-0.2, 0) is 4.79 Å². The third-order valence-corrected chi connectivity index (χ3v) is 4.36. The fourth-order valence-corrected chi connectivity index (χ4v) is 3.21. The van der Waals surface area contributed by atoms with E-state index < -0.39 is 6.23 Å². The third-order valence-electron chi connectivity index (χ3n) is 4.36. The van der Waals surface area contributed by atoms with Gasteiger partial charge in [0.2, 0.25) is 5.91 Å². The lowest BCUT2D eigenvalue weighted by Gasteiger charge is -2.38. The van der Waals surface area contributed by atoms with E-state index in [9.17, 15) is 9.90 Å². The first-order valence-electron chi connectivity index (χ1n) is 8.01. The molecule has 1 fully saturated rings. The zero-order valence-electron chi connectivity index (χ0n) is 13.3. The summed E-state index contributed by atoms with van der Waals surface area (Å²) in [7, 11) is 0. The van der Waals surface area contributed by atoms with Gasteiger partial charge in [-0.2, -0.15) is 0 Å². The molecule has 23 heavy (non-hydrogen) atoms. The van der Waals surface area contributed by atoms with Crippen molar-refractivity contribution in [3.05, 3.63) is 60.2 Å². The fraction of sp³-hybridized carbons (Fsp3) is 0.316. The van der Waals surface area contributed by atoms with Crippen LogP contribution >= 0.6 is 0 Å². The van der Waals surface area contributed by atoms with E-state index in [0.717, 1.165) is 30.8 Å². The summed E-state index contributed by atoms with van der Waals surface area (Å²) in [5.74, 6) is 0.322. The Hall–Kier alpha value is -2.33. The Balaban J connectivity index is 1.67. The average Bonchev–Trinajstić information content (AvgIpc) is 2.56. The number of hydrogen-bond donors (Lipinski definition) is 2. The Morgan fingerprint density at radius 1 is 1.13 bits per heavy atom. The van der Waals surface area contributed by atoms with E-state index in [1.807, 2.05) is 35.2 Å². The zero-order chi connectivity index (χ0) is 16.2. The van der Waals surface area contributed by atoms with Crippen LogP contribution in [0.5, 0.6) is 0 Å². The predicted molar refractivity (Wildman–Crippen MR) is 92.5 cm³/mol. The molecule has 0 spiro atoms. The molecule has 2 atom stereocenters. The van der Waals surface area contributed by atoms with Crippen molar-refractivity contribution in [1.82, 2.24) is 0 Å². The summed E-state index contributed by atoms with van der Waals surface area (Å²) < 4.78 is 0. The summed E-state index contributed by atoms with van der Waals surface area (Å²) in [5.41, 5.74) is 3.06. The minimum absolute atomic E-state index is 0.0820. The van der Waals surface area contributed by atoms with E-state index in [1.165, 1.54) is 12.5 Å². The lowest BCUT2D eigenvalue weighted by atomic mass is 9.88. The van der Waals surface area contributed by atoms with Crippen LogP contribution in [0.1, 0.15) is 31.2 Å². The summed E-state index contributed by atoms with van der Waals surface area (Å²) in [5, 5.41) is 13.3. The number of aliphatic hydroxyl groups is 1. The second-order valence-electron chi connectivity index (χ2n) is 6.03. The van der Waals surface area contributed by atoms with Gasteiger partial charge >= 0.3 is 0 Å². The highest BCUT2D eigenvalue weighted by molar-refractivity contribution is 5.88. The Morgan fingerprint density at radius 2 is 1.83 bits per heavy atom. The number of carbonyl (C=O) groups is 1. The number of rotatable bonds is 3. The molecule has 120 valence electrons. The Bertz CT molecular complexity index is 655. The third kappa shape index (κ3) is 3.71. The number of aliphatic hydroxyl groups excluding tert-OH is 1. The molecule has 2 aromatic carbocycles. The molecule has 0 aromatic heterocycles. The standard InChI is InChI=1S/C19H22N2O2/c1-14(22)20-17-7-9-18(10-8-17)21-12-11-16(13-19(21)23)15-5-3-2-4-6-15/h2-10,16,19,23H,11-13H2,1H3,(H,20,22). The molecule has 0 saturated carbocycles. The van der Waals surface area contributed by atoms with Crippen molar-refractivity contribution in [3.8, 4) is 0 Å². The highest BCUT2D eigenvalue weighted by atomic mass is 16.3. The first-order chi connectivity index (χ1) is 11.1. The van der Waals surface area contributed by atoms with E-state index >= 15 is 0 Å². The molecule has 2 N–H and O–H groups in total. The Kier molecular flexibility index (Phi) is 4.63. The minimum Gasteiger partial charge on any atom is -0.374 e. The molecular weight excluding hydrogens is 288 g/mol. The molecule has 2 unspecified atom stereocenters. The van der Waals surface area contributed by atoms with Gasteiger partial charge in [-0.3, -0.25) is 4.79 Å². The van der Waals surface area contributed by atoms with Crippen LogP contribution in [0.25, 0.3) is 0 Å². The summed E-state index contributed by atoms with van der Waals surface area (Å²) in [6.07, 6.45) is 1.27. The zero-order valence-corrected chi connectivity index (χ0v) is 13.3. The van der Waals surface area contributed by atoms with Crippen LogP contribution in [0, 0.1) is 0 Å². The molecule has 4 heteroatoms. The molecule has 1 aliphatic rings. The van der Waals surface area contributed by atoms with Crippen LogP contribution in [0.3, 0.4) is 0 Å². The monoisotopic (exact) mass is 310 g/mol. The van der Waals surface area contributed by atoms with Gasteiger partial charge in [0.05, 0.1) is 0 Å². The van der Waals surface area contributed by atoms with Crippen molar-refractivity contribution in [2.24, 2.45) is 0 Å². The normalized spacial score (nSPS) is 21.0. The summed E-state index contributed by atoms with van der Waals surface area (Å²) in [4.78, 5) is 13.1. The molecule has 3 rings (SSSR count). The predicted octanol–water partition coefficient (Wildman–Crippen LogP) is 3.35. The van der Waals surface area contributed by atoms with Crippen LogP contribution in [0.15, 0.2) is 54.6 Å². The first kappa shape index (κ1) is 15.6. The highest BCUT2D eigenvalue weighted by Gasteiger charge is 2.27. The van der Waals surface area contributed by atoms with Crippen LogP contribution < -0.4 is 10.2 Å². The summed E-state index contributed by atoms with van der Waals surface area (Å²) in [6, 6.07) is 18.0. The van der Waals surface area contributed by atoms with Gasteiger partial charge in [0.25, 0.3) is 0 Å². The second kappa shape index (κ2) is 6.84. The number of nitrogens with one attached hydrogen (secondary N) is 1. The van der Waals surface area contributed by atoms with Crippen molar-refractivity contribution in [1.29, 1.82) is 0 Å². The number of carbonyl (C=O) groups excluding carboxylic acids is 1. The average molecular weight is 310 g/mol. The number of piperidine rings is 1. The molecule has 1 aliphatic heterocycles. The second-order valence-corrected chi connectivity index (χ2v) is 6.03. The molecule has 1 heterocycles. The van der Waals surface area contributed by atoms with Crippen LogP contribution in [0.4, 0.5) is 11.4 Å². The fourth-order valence-electron chi connectivity index (χ4n) is 3.21. The smallest absolute Gasteiger partial charge is 0.221 e. The molecule has 0 aliphatic carbocycles. The van der Waals surface area contributed by atoms with Crippen molar-refractivity contribution in [2.75, 3.05) is 16.8 Å². The molecule has 0 radical (unpaired) electrons. The largest absolute Gasteiger partial charge is 0.374 e. The number of anilines is 2. The van der Waals surface area contributed by atoms with E-state index in [1.54, 1.807) is 0 Å². The van der Waals surface area contributed by atoms with Gasteiger partial charge in [0.1, 0.15) is 6.23 Å². The van der Waals surface area contributed by atoms with E-state index in [-0.39, 0.29) is 5.91 Å². The number of benzene rings is 2. The van der Waals surface area contributed by atoms with Crippen LogP contribution in [-0.4, -0.2) is 23.8 Å². The quantitative estimate of drug-likeness (QED) is 0.914. The van der Waals surface area contributed by atoms with Gasteiger partial charge in [0.15, 0.2) is 0 Å². The first-order valence-corrected chi connectivity index (χ1v) is 8.01. The molecule has 4 nitrogen and oxygen atoms in total. The molecule has 0 bridgehead atoms. The summed E-state index contributed by atoms with van der Waals surface area (Å²) >= 11 is 0. The van der Waals surface area contributed by atoms with E-state index in [0.29, 0.717) is 5.92 Å². The van der Waals surface area contributed by atoms with Crippen molar-refractivity contribution >= 4 is 17.3 Å². The SMILES string of the molecule is CC(=O)Nc1ccc(N2CCC(c3ccccc3)CC2O)cc1. The molecular formula is C19H22N2O2. The highest BCUT2D eigenvalue weighted by Crippen LogP contribution is 2.33. The van der Waals surface area contributed by atoms with Gasteiger partial charge < -0.3 is 15.3 Å². The van der Waals surface area contributed by atoms with E-state index in [2.05, 4.69) is 29.6 Å². The number of hydrogen-bond acceptors (Lipinski definition) is 3. The molecule has 1 saturated heterocycles. The molecule has 1 amide bonds. The van der Waals surface area contributed by atoms with Gasteiger partial charge in [-0.05, 0) is 48.6 Å². The molecule has 2 aromatic rings. The number of amides is 1. The van der Waals surface area contributed by atoms with Crippen molar-refractivity contribution in [2.45, 2.75) is 31.9 Å². The minimum atomic E-state index is -0.486. The number of nitrogens with zero attached hydrogens (tertiary/aromatic N) is 1. The Labute approximate surface area is 136 Å². The van der Waals surface area contributed by atoms with Crippen LogP contribution in [0.2, 0.25) is 0 Å². The van der Waals surface area contributed by atoms with Gasteiger partial charge in [-0.1, -0.05) is 30.3 Å². The maximum atomic E-state index is 11.1. The maximum Gasteiger partial charge on any atom is 0.221 e. The topological polar surface area (TPSA) is 52.6 Å². The van der Waals surface area contributed by atoms with Gasteiger partial charge in [-0.25, -0.2) is 0 Å². The van der Waals surface area contributed by atoms with Gasteiger partial charge in [0, 0.05) is 24.8 Å². The van der Waals surface area contributed by atoms with E-state index in [4.69, 9.17) is 0 Å². The maximum absolute atomic E-state index is 11.1. The van der Waals surface area contributed by atoms with Crippen molar-refractivity contribution < 1.29 is 9.90 Å².